The molecule has 160 valence electrons. The molecule has 8 heteroatoms. The number of hydrogen-bond acceptors (Lipinski definition) is 6. The minimum Gasteiger partial charge on any atom is -0.493 e. The van der Waals surface area contributed by atoms with Crippen molar-refractivity contribution in [1.29, 1.82) is 0 Å². The van der Waals surface area contributed by atoms with E-state index in [0.29, 0.717) is 27.6 Å². The third kappa shape index (κ3) is 5.97. The second-order valence-electron chi connectivity index (χ2n) is 6.80. The fraction of sp³-hybridized carbons (Fsp3) is 0.318. The summed E-state index contributed by atoms with van der Waals surface area (Å²) in [6, 6.07) is 10.0. The van der Waals surface area contributed by atoms with Crippen LogP contribution in [0.25, 0.3) is 0 Å². The van der Waals surface area contributed by atoms with Crippen LogP contribution in [0.15, 0.2) is 42.5 Å². The normalized spacial score (nSPS) is 11.5. The Morgan fingerprint density at radius 2 is 1.53 bits per heavy atom. The zero-order chi connectivity index (χ0) is 22.3. The van der Waals surface area contributed by atoms with Crippen LogP contribution in [0.4, 0.5) is 0 Å². The molecule has 7 nitrogen and oxygen atoms in total. The van der Waals surface area contributed by atoms with Gasteiger partial charge in [-0.3, -0.25) is 9.59 Å². The van der Waals surface area contributed by atoms with Crippen LogP contribution < -0.4 is 14.8 Å². The van der Waals surface area contributed by atoms with Gasteiger partial charge < -0.3 is 19.5 Å². The summed E-state index contributed by atoms with van der Waals surface area (Å²) in [5.41, 5.74) is 0.672. The van der Waals surface area contributed by atoms with Crippen molar-refractivity contribution < 1.29 is 28.6 Å². The lowest BCUT2D eigenvalue weighted by Gasteiger charge is -2.21. The molecule has 1 N–H and O–H groups in total. The van der Waals surface area contributed by atoms with Crippen molar-refractivity contribution in [3.63, 3.8) is 0 Å². The number of nitrogens with one attached hydrogen (secondary N) is 1. The van der Waals surface area contributed by atoms with Gasteiger partial charge in [0.05, 0.1) is 14.2 Å². The number of rotatable bonds is 9. The van der Waals surface area contributed by atoms with E-state index in [0.717, 1.165) is 0 Å². The lowest BCUT2D eigenvalue weighted by atomic mass is 10.0. The van der Waals surface area contributed by atoms with E-state index in [1.807, 2.05) is 0 Å². The monoisotopic (exact) mass is 433 g/mol. The van der Waals surface area contributed by atoms with Crippen LogP contribution in [-0.4, -0.2) is 44.5 Å². The lowest BCUT2D eigenvalue weighted by molar-refractivity contribution is -0.145. The number of ketones is 1. The first-order valence-electron chi connectivity index (χ1n) is 9.25. The number of hydrogen-bond donors (Lipinski definition) is 1. The highest BCUT2D eigenvalue weighted by atomic mass is 35.5. The summed E-state index contributed by atoms with van der Waals surface area (Å²) < 4.78 is 15.5. The maximum atomic E-state index is 12.6. The zero-order valence-corrected chi connectivity index (χ0v) is 18.0. The first kappa shape index (κ1) is 23.2. The fourth-order valence-electron chi connectivity index (χ4n) is 2.65. The number of esters is 1. The molecule has 2 aromatic rings. The number of Topliss-reactive ketones (excluding diaryl/α,β-unsaturated/α-hetero) is 1. The number of methoxy groups -OCH3 is 2. The number of carbonyl (C=O) groups is 3. The molecule has 0 aromatic heterocycles. The first-order valence-corrected chi connectivity index (χ1v) is 9.63. The van der Waals surface area contributed by atoms with Crippen LogP contribution in [0.3, 0.4) is 0 Å². The predicted octanol–water partition coefficient (Wildman–Crippen LogP) is 3.54. The zero-order valence-electron chi connectivity index (χ0n) is 17.2. The molecular formula is C22H24ClNO6. The number of ether oxygens (including phenoxy) is 3. The third-order valence-corrected chi connectivity index (χ3v) is 4.62. The molecular weight excluding hydrogens is 410 g/mol. The SMILES string of the molecule is COc1ccc(C(=O)NC(C(=O)OCC(=O)c2ccc(Cl)cc2)C(C)C)cc1OC. The van der Waals surface area contributed by atoms with E-state index >= 15 is 0 Å². The standard InChI is InChI=1S/C22H24ClNO6/c1-13(2)20(22(27)30-12-17(25)14-5-8-16(23)9-6-14)24-21(26)15-7-10-18(28-3)19(11-15)29-4/h5-11,13,20H,12H2,1-4H3,(H,24,26). The van der Waals surface area contributed by atoms with Gasteiger partial charge in [0.15, 0.2) is 23.9 Å². The molecule has 1 amide bonds. The van der Waals surface area contributed by atoms with E-state index in [2.05, 4.69) is 5.32 Å². The van der Waals surface area contributed by atoms with Crippen LogP contribution in [0, 0.1) is 5.92 Å². The van der Waals surface area contributed by atoms with Crippen molar-refractivity contribution in [2.75, 3.05) is 20.8 Å². The fourth-order valence-corrected chi connectivity index (χ4v) is 2.77. The molecule has 0 radical (unpaired) electrons. The molecule has 0 aliphatic carbocycles. The summed E-state index contributed by atoms with van der Waals surface area (Å²) in [6.07, 6.45) is 0. The van der Waals surface area contributed by atoms with E-state index in [9.17, 15) is 14.4 Å². The number of benzene rings is 2. The van der Waals surface area contributed by atoms with Crippen molar-refractivity contribution in [3.8, 4) is 11.5 Å². The van der Waals surface area contributed by atoms with Gasteiger partial charge in [0, 0.05) is 16.1 Å². The van der Waals surface area contributed by atoms with E-state index in [4.69, 9.17) is 25.8 Å². The molecule has 1 unspecified atom stereocenters. The Bertz CT molecular complexity index is 910. The lowest BCUT2D eigenvalue weighted by Crippen LogP contribution is -2.45. The van der Waals surface area contributed by atoms with Crippen molar-refractivity contribution in [1.82, 2.24) is 5.32 Å². The average molecular weight is 434 g/mol. The van der Waals surface area contributed by atoms with Gasteiger partial charge in [0.1, 0.15) is 6.04 Å². The number of halogens is 1. The van der Waals surface area contributed by atoms with E-state index in [-0.39, 0.29) is 11.7 Å². The summed E-state index contributed by atoms with van der Waals surface area (Å²) in [4.78, 5) is 37.3. The Hall–Kier alpha value is -3.06. The Kier molecular flexibility index (Phi) is 8.24. The first-order chi connectivity index (χ1) is 14.3. The molecule has 0 spiro atoms. The average Bonchev–Trinajstić information content (AvgIpc) is 2.75. The highest BCUT2D eigenvalue weighted by Crippen LogP contribution is 2.27. The van der Waals surface area contributed by atoms with Crippen molar-refractivity contribution in [2.24, 2.45) is 5.92 Å². The topological polar surface area (TPSA) is 90.9 Å². The maximum Gasteiger partial charge on any atom is 0.329 e. The summed E-state index contributed by atoms with van der Waals surface area (Å²) in [5, 5.41) is 3.15. The van der Waals surface area contributed by atoms with E-state index in [1.54, 1.807) is 50.2 Å². The van der Waals surface area contributed by atoms with Crippen LogP contribution in [0.5, 0.6) is 11.5 Å². The van der Waals surface area contributed by atoms with Gasteiger partial charge in [-0.2, -0.15) is 0 Å². The molecule has 30 heavy (non-hydrogen) atoms. The van der Waals surface area contributed by atoms with Crippen LogP contribution in [0.1, 0.15) is 34.6 Å². The molecule has 0 aliphatic heterocycles. The Morgan fingerprint density at radius 3 is 2.10 bits per heavy atom. The highest BCUT2D eigenvalue weighted by molar-refractivity contribution is 6.30. The number of amides is 1. The molecule has 0 aliphatic rings. The van der Waals surface area contributed by atoms with Gasteiger partial charge >= 0.3 is 5.97 Å². The van der Waals surface area contributed by atoms with Crippen LogP contribution in [0.2, 0.25) is 5.02 Å². The Balaban J connectivity index is 2.04. The summed E-state index contributed by atoms with van der Waals surface area (Å²) in [7, 11) is 2.96. The van der Waals surface area contributed by atoms with Crippen LogP contribution in [-0.2, 0) is 9.53 Å². The van der Waals surface area contributed by atoms with Gasteiger partial charge in [0.2, 0.25) is 0 Å². The molecule has 0 fully saturated rings. The maximum absolute atomic E-state index is 12.6. The van der Waals surface area contributed by atoms with Crippen molar-refractivity contribution in [3.05, 3.63) is 58.6 Å². The number of carbonyl (C=O) groups excluding carboxylic acids is 3. The van der Waals surface area contributed by atoms with Gasteiger partial charge in [-0.15, -0.1) is 0 Å². The van der Waals surface area contributed by atoms with E-state index in [1.165, 1.54) is 20.3 Å². The van der Waals surface area contributed by atoms with Crippen molar-refractivity contribution >= 4 is 29.3 Å². The molecule has 2 aromatic carbocycles. The second-order valence-corrected chi connectivity index (χ2v) is 7.24. The minimum atomic E-state index is -0.927. The third-order valence-electron chi connectivity index (χ3n) is 4.36. The van der Waals surface area contributed by atoms with Gasteiger partial charge in [-0.1, -0.05) is 25.4 Å². The summed E-state index contributed by atoms with van der Waals surface area (Å²) in [6.45, 7) is 3.10. The second kappa shape index (κ2) is 10.6. The molecule has 0 heterocycles. The van der Waals surface area contributed by atoms with Crippen LogP contribution >= 0.6 is 11.6 Å². The Labute approximate surface area is 180 Å². The Morgan fingerprint density at radius 1 is 0.933 bits per heavy atom. The predicted molar refractivity (Wildman–Crippen MR) is 112 cm³/mol. The highest BCUT2D eigenvalue weighted by Gasteiger charge is 2.27. The quantitative estimate of drug-likeness (QED) is 0.480. The van der Waals surface area contributed by atoms with Gasteiger partial charge in [0.25, 0.3) is 5.91 Å². The minimum absolute atomic E-state index is 0.257. The van der Waals surface area contributed by atoms with Crippen molar-refractivity contribution in [2.45, 2.75) is 19.9 Å². The molecule has 2 rings (SSSR count). The van der Waals surface area contributed by atoms with E-state index < -0.39 is 24.5 Å². The summed E-state index contributed by atoms with van der Waals surface area (Å²) >= 11 is 5.80. The van der Waals surface area contributed by atoms with Gasteiger partial charge in [-0.05, 0) is 48.4 Å². The molecule has 0 saturated carbocycles. The molecule has 0 saturated heterocycles. The molecule has 0 bridgehead atoms. The molecule has 1 atom stereocenters. The smallest absolute Gasteiger partial charge is 0.329 e. The van der Waals surface area contributed by atoms with Gasteiger partial charge in [-0.25, -0.2) is 4.79 Å². The largest absolute Gasteiger partial charge is 0.493 e. The summed E-state index contributed by atoms with van der Waals surface area (Å²) in [5.74, 6) is -0.922.